The summed E-state index contributed by atoms with van der Waals surface area (Å²) in [5.41, 5.74) is 7.63. The van der Waals surface area contributed by atoms with Gasteiger partial charge >= 0.3 is 5.97 Å². The number of carbonyl (C=O) groups excluding carboxylic acids is 1. The Labute approximate surface area is 155 Å². The van der Waals surface area contributed by atoms with Gasteiger partial charge in [0, 0.05) is 11.9 Å². The third-order valence-corrected chi connectivity index (χ3v) is 4.39. The maximum absolute atomic E-state index is 12.2. The van der Waals surface area contributed by atoms with Crippen LogP contribution in [0.5, 0.6) is 0 Å². The largest absolute Gasteiger partial charge is 0.461 e. The van der Waals surface area contributed by atoms with Crippen molar-refractivity contribution in [2.75, 3.05) is 12.3 Å². The quantitative estimate of drug-likeness (QED) is 0.358. The molecule has 0 unspecified atom stereocenters. The van der Waals surface area contributed by atoms with Gasteiger partial charge < -0.3 is 15.5 Å². The van der Waals surface area contributed by atoms with Crippen molar-refractivity contribution in [1.82, 2.24) is 40.3 Å². The van der Waals surface area contributed by atoms with Crippen molar-refractivity contribution in [3.8, 4) is 5.82 Å². The van der Waals surface area contributed by atoms with Gasteiger partial charge in [-0.2, -0.15) is 4.68 Å². The van der Waals surface area contributed by atoms with Crippen molar-refractivity contribution in [3.05, 3.63) is 29.7 Å². The summed E-state index contributed by atoms with van der Waals surface area (Å²) in [7, 11) is 0. The van der Waals surface area contributed by atoms with Gasteiger partial charge in [0.1, 0.15) is 0 Å². The van der Waals surface area contributed by atoms with Crippen molar-refractivity contribution in [1.29, 1.82) is 0 Å². The molecule has 0 radical (unpaired) electrons. The molecular formula is C14H13N9O3S. The first kappa shape index (κ1) is 17.0. The molecule has 0 spiro atoms. The fourth-order valence-electron chi connectivity index (χ4n) is 2.33. The fraction of sp³-hybridized carbons (Fsp3) is 0.214. The minimum atomic E-state index is -0.597. The average molecular weight is 387 g/mol. The molecule has 0 saturated heterocycles. The molecule has 4 aromatic rings. The maximum Gasteiger partial charge on any atom is 0.360 e. The molecule has 0 aliphatic rings. The molecule has 0 aromatic carbocycles. The molecule has 0 saturated carbocycles. The molecule has 0 atom stereocenters. The van der Waals surface area contributed by atoms with E-state index in [4.69, 9.17) is 10.5 Å². The smallest absolute Gasteiger partial charge is 0.360 e. The number of carbonyl (C=O) groups is 1. The Morgan fingerprint density at radius 1 is 1.44 bits per heavy atom. The lowest BCUT2D eigenvalue weighted by Gasteiger charge is -2.04. The first-order chi connectivity index (χ1) is 13.2. The Balaban J connectivity index is 1.67. The van der Waals surface area contributed by atoms with Gasteiger partial charge in [-0.1, -0.05) is 17.0 Å². The number of rotatable bonds is 6. The van der Waals surface area contributed by atoms with E-state index in [0.717, 1.165) is 5.52 Å². The SMILES string of the molecule is CCOC(=O)c1nnn(-c2nonc2N)c1CSc1nc2ncccc2[nH]1. The lowest BCUT2D eigenvalue weighted by molar-refractivity contribution is 0.0518. The lowest BCUT2D eigenvalue weighted by Crippen LogP contribution is -2.10. The number of pyridine rings is 1. The van der Waals surface area contributed by atoms with E-state index in [-0.39, 0.29) is 29.7 Å². The molecule has 4 aromatic heterocycles. The second-order valence-corrected chi connectivity index (χ2v) is 6.16. The van der Waals surface area contributed by atoms with Crippen molar-refractivity contribution >= 4 is 34.7 Å². The normalized spacial score (nSPS) is 11.1. The third kappa shape index (κ3) is 3.19. The van der Waals surface area contributed by atoms with Gasteiger partial charge in [0.05, 0.1) is 17.8 Å². The second kappa shape index (κ2) is 7.03. The maximum atomic E-state index is 12.2. The van der Waals surface area contributed by atoms with Crippen LogP contribution >= 0.6 is 11.8 Å². The zero-order valence-corrected chi connectivity index (χ0v) is 14.8. The minimum Gasteiger partial charge on any atom is -0.461 e. The molecule has 4 heterocycles. The van der Waals surface area contributed by atoms with E-state index < -0.39 is 5.97 Å². The number of fused-ring (bicyclic) bond motifs is 1. The Morgan fingerprint density at radius 3 is 3.07 bits per heavy atom. The Morgan fingerprint density at radius 2 is 2.33 bits per heavy atom. The fourth-order valence-corrected chi connectivity index (χ4v) is 3.19. The first-order valence-corrected chi connectivity index (χ1v) is 8.79. The Hall–Kier alpha value is -3.48. The van der Waals surface area contributed by atoms with Crippen LogP contribution in [0.3, 0.4) is 0 Å². The molecule has 0 aliphatic heterocycles. The number of aromatic amines is 1. The summed E-state index contributed by atoms with van der Waals surface area (Å²) < 4.78 is 11.0. The summed E-state index contributed by atoms with van der Waals surface area (Å²) in [5, 5.41) is 15.7. The summed E-state index contributed by atoms with van der Waals surface area (Å²) in [6.45, 7) is 1.92. The molecule has 3 N–H and O–H groups in total. The number of hydrogen-bond donors (Lipinski definition) is 2. The summed E-state index contributed by atoms with van der Waals surface area (Å²) >= 11 is 1.34. The number of aromatic nitrogens is 8. The van der Waals surface area contributed by atoms with Crippen LogP contribution in [-0.2, 0) is 10.5 Å². The molecule has 0 aliphatic carbocycles. The monoisotopic (exact) mass is 387 g/mol. The van der Waals surface area contributed by atoms with Gasteiger partial charge in [0.25, 0.3) is 0 Å². The zero-order valence-electron chi connectivity index (χ0n) is 14.0. The Bertz CT molecular complexity index is 1070. The highest BCUT2D eigenvalue weighted by molar-refractivity contribution is 7.98. The number of nitrogens with zero attached hydrogens (tertiary/aromatic N) is 7. The van der Waals surface area contributed by atoms with E-state index in [9.17, 15) is 4.79 Å². The van der Waals surface area contributed by atoms with Gasteiger partial charge in [0.2, 0.25) is 11.6 Å². The third-order valence-electron chi connectivity index (χ3n) is 3.51. The molecule has 0 bridgehead atoms. The molecule has 4 rings (SSSR count). The first-order valence-electron chi connectivity index (χ1n) is 7.81. The topological polar surface area (TPSA) is 164 Å². The summed E-state index contributed by atoms with van der Waals surface area (Å²) in [5.74, 6) is -0.150. The highest BCUT2D eigenvalue weighted by Crippen LogP contribution is 2.25. The number of ether oxygens (including phenoxy) is 1. The van der Waals surface area contributed by atoms with Crippen LogP contribution in [0.1, 0.15) is 23.1 Å². The van der Waals surface area contributed by atoms with Crippen LogP contribution < -0.4 is 5.73 Å². The predicted molar refractivity (Wildman–Crippen MR) is 93.0 cm³/mol. The van der Waals surface area contributed by atoms with E-state index >= 15 is 0 Å². The number of anilines is 1. The highest BCUT2D eigenvalue weighted by atomic mass is 32.2. The lowest BCUT2D eigenvalue weighted by atomic mass is 10.3. The van der Waals surface area contributed by atoms with E-state index in [2.05, 4.69) is 40.2 Å². The van der Waals surface area contributed by atoms with E-state index in [1.807, 2.05) is 12.1 Å². The van der Waals surface area contributed by atoms with Crippen LogP contribution in [0, 0.1) is 0 Å². The van der Waals surface area contributed by atoms with Crippen LogP contribution in [0.2, 0.25) is 0 Å². The average Bonchev–Trinajstić information content (AvgIpc) is 3.37. The summed E-state index contributed by atoms with van der Waals surface area (Å²) in [6, 6.07) is 3.68. The number of nitrogen functional groups attached to an aromatic ring is 1. The van der Waals surface area contributed by atoms with Gasteiger partial charge in [0.15, 0.2) is 16.5 Å². The van der Waals surface area contributed by atoms with Gasteiger partial charge in [-0.15, -0.1) is 5.10 Å². The second-order valence-electron chi connectivity index (χ2n) is 5.20. The predicted octanol–water partition coefficient (Wildman–Crippen LogP) is 0.973. The molecule has 12 nitrogen and oxygen atoms in total. The van der Waals surface area contributed by atoms with Crippen molar-refractivity contribution < 1.29 is 14.2 Å². The number of hydrogen-bond acceptors (Lipinski definition) is 11. The number of nitrogens with one attached hydrogen (secondary N) is 1. The van der Waals surface area contributed by atoms with Crippen molar-refractivity contribution in [2.24, 2.45) is 0 Å². The van der Waals surface area contributed by atoms with Crippen LogP contribution in [-0.4, -0.2) is 52.8 Å². The van der Waals surface area contributed by atoms with E-state index in [1.165, 1.54) is 16.4 Å². The molecule has 0 amide bonds. The van der Waals surface area contributed by atoms with Crippen LogP contribution in [0.4, 0.5) is 5.82 Å². The number of thioether (sulfide) groups is 1. The minimum absolute atomic E-state index is 0.0227. The van der Waals surface area contributed by atoms with Crippen molar-refractivity contribution in [2.45, 2.75) is 17.8 Å². The molecule has 138 valence electrons. The van der Waals surface area contributed by atoms with Gasteiger partial charge in [-0.25, -0.2) is 19.4 Å². The van der Waals surface area contributed by atoms with E-state index in [1.54, 1.807) is 13.1 Å². The summed E-state index contributed by atoms with van der Waals surface area (Å²) in [4.78, 5) is 23.9. The van der Waals surface area contributed by atoms with Crippen LogP contribution in [0.15, 0.2) is 28.1 Å². The van der Waals surface area contributed by atoms with E-state index in [0.29, 0.717) is 16.5 Å². The Kier molecular flexibility index (Phi) is 4.42. The molecule has 27 heavy (non-hydrogen) atoms. The molecule has 13 heteroatoms. The number of H-pyrrole nitrogens is 1. The molecule has 0 fully saturated rings. The van der Waals surface area contributed by atoms with Gasteiger partial charge in [-0.3, -0.25) is 0 Å². The number of nitrogens with two attached hydrogens (primary N) is 1. The standard InChI is InChI=1S/C14H13N9O3S/c1-2-25-13(24)9-8(23(22-19-9)12-10(15)20-26-21-12)6-27-14-17-7-4-3-5-16-11(7)18-14/h3-5H,2,6H2,1H3,(H2,15,20)(H,16,17,18). The highest BCUT2D eigenvalue weighted by Gasteiger charge is 2.25. The number of imidazole rings is 1. The van der Waals surface area contributed by atoms with Crippen molar-refractivity contribution in [3.63, 3.8) is 0 Å². The molecular weight excluding hydrogens is 374 g/mol. The van der Waals surface area contributed by atoms with Crippen LogP contribution in [0.25, 0.3) is 17.0 Å². The zero-order chi connectivity index (χ0) is 18.8. The summed E-state index contributed by atoms with van der Waals surface area (Å²) in [6.07, 6.45) is 1.66. The number of esters is 1. The van der Waals surface area contributed by atoms with Gasteiger partial charge in [-0.05, 0) is 29.4 Å².